The van der Waals surface area contributed by atoms with Gasteiger partial charge in [0.05, 0.1) is 18.1 Å². The molecule has 1 aliphatic rings. The molecule has 4 nitrogen and oxygen atoms in total. The molecule has 3 aromatic rings. The van der Waals surface area contributed by atoms with E-state index in [4.69, 9.17) is 9.15 Å². The van der Waals surface area contributed by atoms with Gasteiger partial charge in [-0.1, -0.05) is 12.1 Å². The van der Waals surface area contributed by atoms with Gasteiger partial charge in [-0.25, -0.2) is 0 Å². The van der Waals surface area contributed by atoms with Crippen LogP contribution in [0, 0.1) is 0 Å². The predicted molar refractivity (Wildman–Crippen MR) is 75.1 cm³/mol. The van der Waals surface area contributed by atoms with Crippen molar-refractivity contribution in [3.05, 3.63) is 52.2 Å². The van der Waals surface area contributed by atoms with Gasteiger partial charge >= 0.3 is 0 Å². The molecule has 2 aromatic carbocycles. The van der Waals surface area contributed by atoms with Crippen LogP contribution in [0.25, 0.3) is 21.9 Å². The van der Waals surface area contributed by atoms with E-state index in [2.05, 4.69) is 0 Å². The van der Waals surface area contributed by atoms with Crippen molar-refractivity contribution in [3.8, 4) is 5.75 Å². The van der Waals surface area contributed by atoms with Crippen molar-refractivity contribution in [1.82, 2.24) is 0 Å². The van der Waals surface area contributed by atoms with Crippen LogP contribution in [0.4, 0.5) is 0 Å². The third kappa shape index (κ3) is 1.77. The summed E-state index contributed by atoms with van der Waals surface area (Å²) in [6.07, 6.45) is 1.13. The minimum atomic E-state index is -0.200. The number of phenolic OH excluding ortho intramolecular Hbond substituents is 1. The summed E-state index contributed by atoms with van der Waals surface area (Å²) >= 11 is 0. The summed E-state index contributed by atoms with van der Waals surface area (Å²) < 4.78 is 11.0. The van der Waals surface area contributed by atoms with E-state index in [-0.39, 0.29) is 16.6 Å². The van der Waals surface area contributed by atoms with E-state index in [0.29, 0.717) is 22.7 Å². The summed E-state index contributed by atoms with van der Waals surface area (Å²) in [5.41, 5.74) is 1.84. The molecule has 0 bridgehead atoms. The van der Waals surface area contributed by atoms with Gasteiger partial charge in [0.2, 0.25) is 5.43 Å². The van der Waals surface area contributed by atoms with E-state index in [0.717, 1.165) is 18.6 Å². The second-order valence-corrected chi connectivity index (χ2v) is 5.07. The van der Waals surface area contributed by atoms with Gasteiger partial charge in [-0.05, 0) is 29.8 Å². The quantitative estimate of drug-likeness (QED) is 0.573. The van der Waals surface area contributed by atoms with Crippen molar-refractivity contribution in [2.45, 2.75) is 12.5 Å². The zero-order valence-electron chi connectivity index (χ0n) is 10.6. The molecule has 1 N–H and O–H groups in total. The number of epoxide rings is 1. The van der Waals surface area contributed by atoms with E-state index in [1.165, 1.54) is 6.07 Å². The molecule has 20 heavy (non-hydrogen) atoms. The predicted octanol–water partition coefficient (Wildman–Crippen LogP) is 2.59. The Kier molecular flexibility index (Phi) is 2.35. The highest BCUT2D eigenvalue weighted by Crippen LogP contribution is 2.26. The maximum Gasteiger partial charge on any atom is 0.204 e. The monoisotopic (exact) mass is 268 g/mol. The summed E-state index contributed by atoms with van der Waals surface area (Å²) in [6.45, 7) is 0.799. The molecule has 4 rings (SSSR count). The van der Waals surface area contributed by atoms with Gasteiger partial charge in [0.25, 0.3) is 0 Å². The van der Waals surface area contributed by atoms with Crippen LogP contribution in [0.1, 0.15) is 5.56 Å². The second-order valence-electron chi connectivity index (χ2n) is 5.07. The van der Waals surface area contributed by atoms with E-state index < -0.39 is 0 Å². The smallest absolute Gasteiger partial charge is 0.204 e. The topological polar surface area (TPSA) is 63.0 Å². The number of hydrogen-bond donors (Lipinski definition) is 1. The van der Waals surface area contributed by atoms with Crippen LogP contribution in [-0.4, -0.2) is 17.8 Å². The summed E-state index contributed by atoms with van der Waals surface area (Å²) in [7, 11) is 0. The fraction of sp³-hybridized carbons (Fsp3) is 0.188. The van der Waals surface area contributed by atoms with Crippen molar-refractivity contribution >= 4 is 21.9 Å². The summed E-state index contributed by atoms with van der Waals surface area (Å²) in [4.78, 5) is 12.4. The van der Waals surface area contributed by atoms with Gasteiger partial charge < -0.3 is 14.3 Å². The van der Waals surface area contributed by atoms with Crippen LogP contribution in [0.2, 0.25) is 0 Å². The normalized spacial score (nSPS) is 17.7. The van der Waals surface area contributed by atoms with Crippen LogP contribution in [0.5, 0.6) is 5.75 Å². The number of aromatic hydroxyl groups is 1. The Labute approximate surface area is 114 Å². The summed E-state index contributed by atoms with van der Waals surface area (Å²) in [5, 5.41) is 10.5. The average molecular weight is 268 g/mol. The lowest BCUT2D eigenvalue weighted by Crippen LogP contribution is -2.03. The van der Waals surface area contributed by atoms with Gasteiger partial charge in [0, 0.05) is 6.42 Å². The molecule has 0 saturated carbocycles. The van der Waals surface area contributed by atoms with Gasteiger partial charge in [-0.2, -0.15) is 0 Å². The van der Waals surface area contributed by atoms with Crippen molar-refractivity contribution in [1.29, 1.82) is 0 Å². The highest BCUT2D eigenvalue weighted by Gasteiger charge is 2.23. The fourth-order valence-electron chi connectivity index (χ4n) is 2.50. The van der Waals surface area contributed by atoms with Crippen LogP contribution in [-0.2, 0) is 11.2 Å². The highest BCUT2D eigenvalue weighted by atomic mass is 16.6. The van der Waals surface area contributed by atoms with Crippen molar-refractivity contribution in [3.63, 3.8) is 0 Å². The molecule has 1 aromatic heterocycles. The summed E-state index contributed by atoms with van der Waals surface area (Å²) in [6, 6.07) is 10.4. The van der Waals surface area contributed by atoms with Crippen LogP contribution >= 0.6 is 0 Å². The minimum Gasteiger partial charge on any atom is -0.507 e. The molecular weight excluding hydrogens is 256 g/mol. The maximum atomic E-state index is 12.4. The first kappa shape index (κ1) is 11.5. The number of phenols is 1. The number of rotatable bonds is 2. The molecule has 1 saturated heterocycles. The first-order valence-electron chi connectivity index (χ1n) is 6.51. The molecule has 1 aliphatic heterocycles. The first-order chi connectivity index (χ1) is 9.72. The van der Waals surface area contributed by atoms with Crippen molar-refractivity contribution in [2.75, 3.05) is 6.61 Å². The molecule has 100 valence electrons. The zero-order chi connectivity index (χ0) is 13.7. The molecule has 0 amide bonds. The number of hydrogen-bond acceptors (Lipinski definition) is 4. The first-order valence-corrected chi connectivity index (χ1v) is 6.51. The Morgan fingerprint density at radius 2 is 2.05 bits per heavy atom. The molecule has 0 radical (unpaired) electrons. The van der Waals surface area contributed by atoms with Crippen LogP contribution in [0.3, 0.4) is 0 Å². The minimum absolute atomic E-state index is 0.0476. The van der Waals surface area contributed by atoms with Crippen molar-refractivity contribution < 1.29 is 14.3 Å². The molecular formula is C16H12O4. The third-order valence-electron chi connectivity index (χ3n) is 3.61. The Morgan fingerprint density at radius 1 is 1.20 bits per heavy atom. The SMILES string of the molecule is O=c1c2ccc(CC3CO3)cc2oc2cccc(O)c12. The molecule has 1 unspecified atom stereocenters. The largest absolute Gasteiger partial charge is 0.507 e. The lowest BCUT2D eigenvalue weighted by atomic mass is 10.1. The lowest BCUT2D eigenvalue weighted by molar-refractivity contribution is 0.407. The van der Waals surface area contributed by atoms with E-state index in [9.17, 15) is 9.90 Å². The summed E-state index contributed by atoms with van der Waals surface area (Å²) in [5.74, 6) is -0.0476. The van der Waals surface area contributed by atoms with Gasteiger partial charge in [0.15, 0.2) is 0 Å². The van der Waals surface area contributed by atoms with Crippen molar-refractivity contribution in [2.24, 2.45) is 0 Å². The number of fused-ring (bicyclic) bond motifs is 2. The molecule has 1 fully saturated rings. The Bertz CT molecular complexity index is 875. The molecule has 0 spiro atoms. The zero-order valence-corrected chi connectivity index (χ0v) is 10.6. The standard InChI is InChI=1S/C16H12O4/c17-12-2-1-3-13-15(12)16(18)11-5-4-9(6-10-8-19-10)7-14(11)20-13/h1-5,7,10,17H,6,8H2. The van der Waals surface area contributed by atoms with Crippen LogP contribution in [0.15, 0.2) is 45.6 Å². The van der Waals surface area contributed by atoms with E-state index in [1.54, 1.807) is 18.2 Å². The Hall–Kier alpha value is -2.33. The number of ether oxygens (including phenoxy) is 1. The molecule has 1 atom stereocenters. The Morgan fingerprint density at radius 3 is 2.85 bits per heavy atom. The lowest BCUT2D eigenvalue weighted by Gasteiger charge is -2.04. The fourth-order valence-corrected chi connectivity index (χ4v) is 2.50. The third-order valence-corrected chi connectivity index (χ3v) is 3.61. The second kappa shape index (κ2) is 4.08. The van der Waals surface area contributed by atoms with Crippen LogP contribution < -0.4 is 5.43 Å². The maximum absolute atomic E-state index is 12.4. The number of benzene rings is 2. The highest BCUT2D eigenvalue weighted by molar-refractivity contribution is 5.93. The Balaban J connectivity index is 1.99. The van der Waals surface area contributed by atoms with Gasteiger partial charge in [-0.15, -0.1) is 0 Å². The molecule has 4 heteroatoms. The molecule has 0 aliphatic carbocycles. The average Bonchev–Trinajstić information content (AvgIpc) is 3.22. The van der Waals surface area contributed by atoms with E-state index >= 15 is 0 Å². The van der Waals surface area contributed by atoms with E-state index in [1.807, 2.05) is 12.1 Å². The molecule has 2 heterocycles. The van der Waals surface area contributed by atoms with Gasteiger partial charge in [-0.3, -0.25) is 4.79 Å². The van der Waals surface area contributed by atoms with Gasteiger partial charge in [0.1, 0.15) is 22.3 Å².